The number of amides is 2. The number of nitrogens with zero attached hydrogens (tertiary/aromatic N) is 4. The topological polar surface area (TPSA) is 123 Å². The maximum absolute atomic E-state index is 12.3. The quantitative estimate of drug-likeness (QED) is 0.818. The summed E-state index contributed by atoms with van der Waals surface area (Å²) in [6, 6.07) is 9.27. The zero-order valence-corrected chi connectivity index (χ0v) is 14.3. The summed E-state index contributed by atoms with van der Waals surface area (Å²) < 4.78 is 1.09. The highest BCUT2D eigenvalue weighted by Crippen LogP contribution is 2.27. The summed E-state index contributed by atoms with van der Waals surface area (Å²) in [6.07, 6.45) is 0.205. The SMILES string of the molecule is CN1C(=O)CC(c2cccc(NC(=O)c3ccc(=O)n(C)n3)c2)N=C1N. The molecule has 0 saturated carbocycles. The van der Waals surface area contributed by atoms with Gasteiger partial charge in [-0.1, -0.05) is 12.1 Å². The third kappa shape index (κ3) is 3.46. The number of anilines is 1. The third-order valence-corrected chi connectivity index (χ3v) is 4.10. The van der Waals surface area contributed by atoms with E-state index < -0.39 is 11.9 Å². The molecular weight excluding hydrogens is 336 g/mol. The normalized spacial score (nSPS) is 17.0. The van der Waals surface area contributed by atoms with E-state index in [1.165, 1.54) is 24.1 Å². The second-order valence-electron chi connectivity index (χ2n) is 5.92. The van der Waals surface area contributed by atoms with Crippen molar-refractivity contribution in [2.75, 3.05) is 12.4 Å². The van der Waals surface area contributed by atoms with E-state index in [1.807, 2.05) is 6.07 Å². The Morgan fingerprint density at radius 1 is 1.23 bits per heavy atom. The summed E-state index contributed by atoms with van der Waals surface area (Å²) in [5.74, 6) is -0.401. The van der Waals surface area contributed by atoms with Crippen molar-refractivity contribution in [2.24, 2.45) is 17.8 Å². The molecule has 2 heterocycles. The van der Waals surface area contributed by atoms with Crippen LogP contribution in [0.1, 0.15) is 28.5 Å². The molecule has 0 bridgehead atoms. The van der Waals surface area contributed by atoms with Gasteiger partial charge >= 0.3 is 0 Å². The van der Waals surface area contributed by atoms with Crippen LogP contribution < -0.4 is 16.6 Å². The lowest BCUT2D eigenvalue weighted by atomic mass is 10.0. The largest absolute Gasteiger partial charge is 0.369 e. The third-order valence-electron chi connectivity index (χ3n) is 4.10. The average molecular weight is 354 g/mol. The molecule has 3 N–H and O–H groups in total. The molecule has 2 aromatic rings. The van der Waals surface area contributed by atoms with E-state index in [-0.39, 0.29) is 29.5 Å². The number of carbonyl (C=O) groups is 2. The second kappa shape index (κ2) is 6.79. The number of benzene rings is 1. The molecule has 2 amide bonds. The van der Waals surface area contributed by atoms with Crippen molar-refractivity contribution in [3.63, 3.8) is 0 Å². The summed E-state index contributed by atoms with van der Waals surface area (Å²) in [5, 5.41) is 6.64. The van der Waals surface area contributed by atoms with Crippen molar-refractivity contribution in [1.82, 2.24) is 14.7 Å². The molecule has 26 heavy (non-hydrogen) atoms. The van der Waals surface area contributed by atoms with Crippen LogP contribution in [0.3, 0.4) is 0 Å². The first-order valence-corrected chi connectivity index (χ1v) is 7.90. The van der Waals surface area contributed by atoms with Crippen molar-refractivity contribution < 1.29 is 9.59 Å². The highest BCUT2D eigenvalue weighted by molar-refractivity contribution is 6.02. The van der Waals surface area contributed by atoms with Gasteiger partial charge in [0, 0.05) is 25.8 Å². The lowest BCUT2D eigenvalue weighted by Gasteiger charge is -2.25. The maximum Gasteiger partial charge on any atom is 0.276 e. The van der Waals surface area contributed by atoms with Gasteiger partial charge in [0.05, 0.1) is 12.5 Å². The Balaban J connectivity index is 1.81. The Bertz CT molecular complexity index is 965. The van der Waals surface area contributed by atoms with Gasteiger partial charge in [-0.2, -0.15) is 5.10 Å². The van der Waals surface area contributed by atoms with E-state index in [1.54, 1.807) is 25.2 Å². The van der Waals surface area contributed by atoms with Gasteiger partial charge in [-0.3, -0.25) is 19.3 Å². The number of aryl methyl sites for hydroxylation is 1. The van der Waals surface area contributed by atoms with Crippen LogP contribution in [0.25, 0.3) is 0 Å². The van der Waals surface area contributed by atoms with Crippen molar-refractivity contribution in [2.45, 2.75) is 12.5 Å². The van der Waals surface area contributed by atoms with Gasteiger partial charge in [-0.25, -0.2) is 9.67 Å². The standard InChI is InChI=1S/C17H18N6O3/c1-22-15(25)9-13(20-17(22)18)10-4-3-5-11(8-10)19-16(26)12-6-7-14(24)23(2)21-12/h3-8,13H,9H2,1-2H3,(H2,18,20)(H,19,26). The summed E-state index contributed by atoms with van der Waals surface area (Å²) in [7, 11) is 3.05. The predicted octanol–water partition coefficient (Wildman–Crippen LogP) is 0.251. The van der Waals surface area contributed by atoms with Gasteiger partial charge < -0.3 is 11.1 Å². The fourth-order valence-corrected chi connectivity index (χ4v) is 2.56. The van der Waals surface area contributed by atoms with Crippen LogP contribution in [0.4, 0.5) is 5.69 Å². The lowest BCUT2D eigenvalue weighted by molar-refractivity contribution is -0.127. The molecule has 134 valence electrons. The number of aromatic nitrogens is 2. The van der Waals surface area contributed by atoms with Crippen molar-refractivity contribution in [3.8, 4) is 0 Å². The monoisotopic (exact) mass is 354 g/mol. The van der Waals surface area contributed by atoms with Crippen molar-refractivity contribution in [3.05, 3.63) is 58.0 Å². The molecule has 1 unspecified atom stereocenters. The first-order chi connectivity index (χ1) is 12.3. The molecule has 9 heteroatoms. The second-order valence-corrected chi connectivity index (χ2v) is 5.92. The lowest BCUT2D eigenvalue weighted by Crippen LogP contribution is -2.42. The van der Waals surface area contributed by atoms with Crippen LogP contribution in [0, 0.1) is 0 Å². The molecule has 1 aliphatic rings. The van der Waals surface area contributed by atoms with Gasteiger partial charge in [-0.05, 0) is 23.8 Å². The first-order valence-electron chi connectivity index (χ1n) is 7.90. The summed E-state index contributed by atoms with van der Waals surface area (Å²) in [4.78, 5) is 41.3. The number of nitrogens with one attached hydrogen (secondary N) is 1. The van der Waals surface area contributed by atoms with Crippen LogP contribution in [-0.2, 0) is 11.8 Å². The molecule has 1 aliphatic heterocycles. The Morgan fingerprint density at radius 2 is 2.00 bits per heavy atom. The molecule has 1 atom stereocenters. The minimum Gasteiger partial charge on any atom is -0.369 e. The molecule has 3 rings (SSSR count). The Labute approximate surface area is 149 Å². The van der Waals surface area contributed by atoms with Gasteiger partial charge in [0.15, 0.2) is 5.96 Å². The zero-order chi connectivity index (χ0) is 18.8. The van der Waals surface area contributed by atoms with Crippen LogP contribution in [-0.4, -0.2) is 39.5 Å². The number of rotatable bonds is 3. The van der Waals surface area contributed by atoms with Gasteiger partial charge in [-0.15, -0.1) is 0 Å². The van der Waals surface area contributed by atoms with Crippen LogP contribution in [0.2, 0.25) is 0 Å². The number of nitrogens with two attached hydrogens (primary N) is 1. The fourth-order valence-electron chi connectivity index (χ4n) is 2.56. The van der Waals surface area contributed by atoms with E-state index in [0.29, 0.717) is 5.69 Å². The molecule has 0 spiro atoms. The molecule has 0 fully saturated rings. The zero-order valence-electron chi connectivity index (χ0n) is 14.3. The molecule has 0 saturated heterocycles. The maximum atomic E-state index is 12.3. The van der Waals surface area contributed by atoms with Crippen LogP contribution in [0.15, 0.2) is 46.2 Å². The number of aliphatic imine (C=N–C) groups is 1. The van der Waals surface area contributed by atoms with Crippen LogP contribution >= 0.6 is 0 Å². The van der Waals surface area contributed by atoms with Gasteiger partial charge in [0.25, 0.3) is 11.5 Å². The summed E-state index contributed by atoms with van der Waals surface area (Å²) in [6.45, 7) is 0. The van der Waals surface area contributed by atoms with E-state index in [0.717, 1.165) is 10.2 Å². The fraction of sp³-hybridized carbons (Fsp3) is 0.235. The smallest absolute Gasteiger partial charge is 0.276 e. The van der Waals surface area contributed by atoms with Crippen LogP contribution in [0.5, 0.6) is 0 Å². The van der Waals surface area contributed by atoms with Gasteiger partial charge in [0.2, 0.25) is 5.91 Å². The Kier molecular flexibility index (Phi) is 4.53. The Morgan fingerprint density at radius 3 is 2.69 bits per heavy atom. The molecule has 0 aliphatic carbocycles. The van der Waals surface area contributed by atoms with E-state index in [9.17, 15) is 14.4 Å². The summed E-state index contributed by atoms with van der Waals surface area (Å²) >= 11 is 0. The van der Waals surface area contributed by atoms with E-state index in [2.05, 4.69) is 15.4 Å². The number of guanidine groups is 1. The minimum absolute atomic E-state index is 0.119. The molecule has 1 aromatic heterocycles. The summed E-state index contributed by atoms with van der Waals surface area (Å²) in [5.41, 5.74) is 6.88. The molecule has 1 aromatic carbocycles. The van der Waals surface area contributed by atoms with Crippen molar-refractivity contribution in [1.29, 1.82) is 0 Å². The van der Waals surface area contributed by atoms with Crippen molar-refractivity contribution >= 4 is 23.5 Å². The Hall–Kier alpha value is -3.49. The number of carbonyl (C=O) groups excluding carboxylic acids is 2. The number of hydrogen-bond acceptors (Lipinski definition) is 6. The molecule has 0 radical (unpaired) electrons. The molecule has 9 nitrogen and oxygen atoms in total. The van der Waals surface area contributed by atoms with E-state index in [4.69, 9.17) is 5.73 Å². The highest BCUT2D eigenvalue weighted by atomic mass is 16.2. The average Bonchev–Trinajstić information content (AvgIpc) is 2.61. The first kappa shape index (κ1) is 17.3. The predicted molar refractivity (Wildman–Crippen MR) is 95.6 cm³/mol. The number of hydrogen-bond donors (Lipinski definition) is 2. The minimum atomic E-state index is -0.444. The molecular formula is C17H18N6O3. The van der Waals surface area contributed by atoms with Gasteiger partial charge in [0.1, 0.15) is 5.69 Å². The highest BCUT2D eigenvalue weighted by Gasteiger charge is 2.25. The van der Waals surface area contributed by atoms with E-state index >= 15 is 0 Å².